The molecule has 2 heterocycles. The van der Waals surface area contributed by atoms with Crippen LogP contribution in [0.3, 0.4) is 0 Å². The molecule has 76 valence electrons. The number of nitrogens with zero attached hydrogens (tertiary/aromatic N) is 4. The van der Waals surface area contributed by atoms with Crippen LogP contribution in [0.2, 0.25) is 0 Å². The van der Waals surface area contributed by atoms with Crippen LogP contribution in [0.4, 0.5) is 5.82 Å². The molecule has 15 heavy (non-hydrogen) atoms. The summed E-state index contributed by atoms with van der Waals surface area (Å²) in [6.45, 7) is 2.39. The lowest BCUT2D eigenvalue weighted by Gasteiger charge is -2.01. The number of fused-ring (bicyclic) bond motifs is 1. The van der Waals surface area contributed by atoms with E-state index in [9.17, 15) is 0 Å². The molecular formula is C10H11N5. The molecule has 0 aliphatic carbocycles. The molecule has 0 bridgehead atoms. The molecule has 0 saturated carbocycles. The molecule has 0 amide bonds. The van der Waals surface area contributed by atoms with E-state index in [1.54, 1.807) is 17.8 Å². The fraction of sp³-hybridized carbons (Fsp3) is 0.300. The van der Waals surface area contributed by atoms with Crippen LogP contribution >= 0.6 is 0 Å². The first-order valence-electron chi connectivity index (χ1n) is 4.59. The number of nitrogens with one attached hydrogen (secondary N) is 1. The average molecular weight is 201 g/mol. The Morgan fingerprint density at radius 1 is 1.47 bits per heavy atom. The van der Waals surface area contributed by atoms with Crippen molar-refractivity contribution in [2.24, 2.45) is 7.05 Å². The van der Waals surface area contributed by atoms with Gasteiger partial charge in [-0.15, -0.1) is 5.92 Å². The van der Waals surface area contributed by atoms with Gasteiger partial charge in [-0.05, 0) is 6.92 Å². The Labute approximate surface area is 87.5 Å². The molecule has 0 spiro atoms. The van der Waals surface area contributed by atoms with Crippen molar-refractivity contribution in [1.29, 1.82) is 0 Å². The number of anilines is 1. The van der Waals surface area contributed by atoms with Gasteiger partial charge in [-0.2, -0.15) is 5.10 Å². The SMILES string of the molecule is CC#CCNc1ncnc2c1cnn2C. The molecule has 0 unspecified atom stereocenters. The maximum Gasteiger partial charge on any atom is 0.163 e. The Morgan fingerprint density at radius 2 is 2.33 bits per heavy atom. The highest BCUT2D eigenvalue weighted by Crippen LogP contribution is 2.16. The number of hydrogen-bond donors (Lipinski definition) is 1. The molecule has 5 nitrogen and oxygen atoms in total. The van der Waals surface area contributed by atoms with Crippen molar-refractivity contribution in [3.63, 3.8) is 0 Å². The fourth-order valence-corrected chi connectivity index (χ4v) is 1.32. The van der Waals surface area contributed by atoms with Crippen molar-refractivity contribution in [2.75, 3.05) is 11.9 Å². The van der Waals surface area contributed by atoms with Crippen molar-refractivity contribution in [3.05, 3.63) is 12.5 Å². The molecule has 0 aromatic carbocycles. The number of aromatic nitrogens is 4. The van der Waals surface area contributed by atoms with E-state index in [2.05, 4.69) is 32.2 Å². The van der Waals surface area contributed by atoms with Crippen molar-refractivity contribution in [3.8, 4) is 11.8 Å². The largest absolute Gasteiger partial charge is 0.358 e. The molecule has 2 aromatic heterocycles. The Morgan fingerprint density at radius 3 is 3.13 bits per heavy atom. The lowest BCUT2D eigenvalue weighted by molar-refractivity contribution is 0.785. The predicted molar refractivity (Wildman–Crippen MR) is 58.2 cm³/mol. The summed E-state index contributed by atoms with van der Waals surface area (Å²) in [5, 5.41) is 8.16. The second-order valence-corrected chi connectivity index (χ2v) is 3.01. The molecule has 2 rings (SSSR count). The van der Waals surface area contributed by atoms with E-state index in [1.807, 2.05) is 7.05 Å². The maximum absolute atomic E-state index is 4.15. The highest BCUT2D eigenvalue weighted by molar-refractivity contribution is 5.86. The number of rotatable bonds is 2. The third-order valence-corrected chi connectivity index (χ3v) is 2.05. The van der Waals surface area contributed by atoms with E-state index in [1.165, 1.54) is 6.33 Å². The van der Waals surface area contributed by atoms with Gasteiger partial charge in [0.15, 0.2) is 5.65 Å². The summed E-state index contributed by atoms with van der Waals surface area (Å²) >= 11 is 0. The van der Waals surface area contributed by atoms with Gasteiger partial charge >= 0.3 is 0 Å². The Bertz CT molecular complexity index is 531. The van der Waals surface area contributed by atoms with Crippen LogP contribution in [0.5, 0.6) is 0 Å². The van der Waals surface area contributed by atoms with Crippen LogP contribution in [0.15, 0.2) is 12.5 Å². The van der Waals surface area contributed by atoms with Crippen molar-refractivity contribution >= 4 is 16.9 Å². The van der Waals surface area contributed by atoms with Crippen LogP contribution in [-0.2, 0) is 7.05 Å². The fourth-order valence-electron chi connectivity index (χ4n) is 1.32. The van der Waals surface area contributed by atoms with Gasteiger partial charge in [0, 0.05) is 7.05 Å². The van der Waals surface area contributed by atoms with Gasteiger partial charge in [0.05, 0.1) is 18.1 Å². The molecule has 2 aromatic rings. The normalized spacial score (nSPS) is 9.73. The summed E-state index contributed by atoms with van der Waals surface area (Å²) < 4.78 is 1.72. The summed E-state index contributed by atoms with van der Waals surface area (Å²) in [6, 6.07) is 0. The summed E-state index contributed by atoms with van der Waals surface area (Å²) in [5.41, 5.74) is 0.817. The molecule has 0 aliphatic heterocycles. The lowest BCUT2D eigenvalue weighted by atomic mass is 10.4. The number of aryl methyl sites for hydroxylation is 1. The zero-order chi connectivity index (χ0) is 10.7. The molecule has 5 heteroatoms. The van der Waals surface area contributed by atoms with Crippen LogP contribution < -0.4 is 5.32 Å². The topological polar surface area (TPSA) is 55.6 Å². The highest BCUT2D eigenvalue weighted by atomic mass is 15.3. The van der Waals surface area contributed by atoms with Gasteiger partial charge in [-0.1, -0.05) is 5.92 Å². The Balaban J connectivity index is 2.37. The Kier molecular flexibility index (Phi) is 2.50. The standard InChI is InChI=1S/C10H11N5/c1-3-4-5-11-9-8-6-14-15(2)10(8)13-7-12-9/h6-7H,5H2,1-2H3,(H,11,12,13). The minimum Gasteiger partial charge on any atom is -0.358 e. The van der Waals surface area contributed by atoms with Crippen molar-refractivity contribution in [1.82, 2.24) is 19.7 Å². The molecule has 0 aliphatic rings. The first-order chi connectivity index (χ1) is 7.33. The maximum atomic E-state index is 4.15. The third-order valence-electron chi connectivity index (χ3n) is 2.05. The summed E-state index contributed by atoms with van der Waals surface area (Å²) in [7, 11) is 1.85. The predicted octanol–water partition coefficient (Wildman–Crippen LogP) is 0.798. The quantitative estimate of drug-likeness (QED) is 0.730. The molecule has 0 radical (unpaired) electrons. The van der Waals surface area contributed by atoms with Gasteiger partial charge in [0.1, 0.15) is 12.1 Å². The van der Waals surface area contributed by atoms with E-state index in [4.69, 9.17) is 0 Å². The number of hydrogen-bond acceptors (Lipinski definition) is 4. The second-order valence-electron chi connectivity index (χ2n) is 3.01. The summed E-state index contributed by atoms with van der Waals surface area (Å²) in [5.74, 6) is 6.51. The van der Waals surface area contributed by atoms with Gasteiger partial charge in [-0.3, -0.25) is 4.68 Å². The van der Waals surface area contributed by atoms with E-state index in [0.717, 1.165) is 16.9 Å². The van der Waals surface area contributed by atoms with Gasteiger partial charge in [0.2, 0.25) is 0 Å². The molecule has 0 saturated heterocycles. The van der Waals surface area contributed by atoms with E-state index in [0.29, 0.717) is 6.54 Å². The third kappa shape index (κ3) is 1.74. The van der Waals surface area contributed by atoms with E-state index >= 15 is 0 Å². The molecule has 0 fully saturated rings. The average Bonchev–Trinajstić information content (AvgIpc) is 2.62. The van der Waals surface area contributed by atoms with Crippen LogP contribution in [0.1, 0.15) is 6.92 Å². The second kappa shape index (κ2) is 3.96. The molecular weight excluding hydrogens is 190 g/mol. The van der Waals surface area contributed by atoms with Crippen molar-refractivity contribution in [2.45, 2.75) is 6.92 Å². The summed E-state index contributed by atoms with van der Waals surface area (Å²) in [6.07, 6.45) is 3.27. The van der Waals surface area contributed by atoms with E-state index < -0.39 is 0 Å². The zero-order valence-electron chi connectivity index (χ0n) is 8.65. The smallest absolute Gasteiger partial charge is 0.163 e. The van der Waals surface area contributed by atoms with Crippen LogP contribution in [0, 0.1) is 11.8 Å². The highest BCUT2D eigenvalue weighted by Gasteiger charge is 2.05. The van der Waals surface area contributed by atoms with Crippen LogP contribution in [-0.4, -0.2) is 26.3 Å². The lowest BCUT2D eigenvalue weighted by Crippen LogP contribution is -2.02. The minimum atomic E-state index is 0.581. The minimum absolute atomic E-state index is 0.581. The monoisotopic (exact) mass is 201 g/mol. The zero-order valence-corrected chi connectivity index (χ0v) is 8.65. The molecule has 0 atom stereocenters. The molecule has 1 N–H and O–H groups in total. The van der Waals surface area contributed by atoms with Gasteiger partial charge in [-0.25, -0.2) is 9.97 Å². The first-order valence-corrected chi connectivity index (χ1v) is 4.59. The van der Waals surface area contributed by atoms with Gasteiger partial charge in [0.25, 0.3) is 0 Å². The van der Waals surface area contributed by atoms with E-state index in [-0.39, 0.29) is 0 Å². The first kappa shape index (κ1) is 9.46. The van der Waals surface area contributed by atoms with Gasteiger partial charge < -0.3 is 5.32 Å². The van der Waals surface area contributed by atoms with Crippen LogP contribution in [0.25, 0.3) is 11.0 Å². The Hall–Kier alpha value is -2.09. The summed E-state index contributed by atoms with van der Waals surface area (Å²) in [4.78, 5) is 8.29. The van der Waals surface area contributed by atoms with Crippen molar-refractivity contribution < 1.29 is 0 Å².